The highest BCUT2D eigenvalue weighted by Crippen LogP contribution is 2.11. The number of nitrogens with two attached hydrogens (primary N) is 1. The molecule has 0 radical (unpaired) electrons. The third-order valence-corrected chi connectivity index (χ3v) is 1.47. The minimum atomic E-state index is -0.444. The maximum absolute atomic E-state index is 13.0. The van der Waals surface area contributed by atoms with Gasteiger partial charge in [0.25, 0.3) is 0 Å². The van der Waals surface area contributed by atoms with Crippen molar-refractivity contribution in [2.45, 2.75) is 13.0 Å². The van der Waals surface area contributed by atoms with Crippen molar-refractivity contribution in [3.05, 3.63) is 29.3 Å². The fourth-order valence-electron chi connectivity index (χ4n) is 0.862. The summed E-state index contributed by atoms with van der Waals surface area (Å²) in [6, 6.07) is 0.850. The Morgan fingerprint density at radius 3 is 2.83 bits per heavy atom. The first kappa shape index (κ1) is 8.69. The summed E-state index contributed by atoms with van der Waals surface area (Å²) < 4.78 is 13.0. The van der Waals surface area contributed by atoms with Crippen molar-refractivity contribution >= 4 is 0 Å². The second-order valence-electron chi connectivity index (χ2n) is 2.52. The number of rotatable bonds is 1. The Kier molecular flexibility index (Phi) is 2.41. The molecule has 62 valence electrons. The standard InChI is InChI=1S/C9H9FN2/c1-3-7-4-8(10)9(6(2)11)12-5-7/h1,4-6H,11H2,2H3/t6-/m1/s1. The van der Waals surface area contributed by atoms with Gasteiger partial charge >= 0.3 is 0 Å². The second kappa shape index (κ2) is 3.33. The van der Waals surface area contributed by atoms with E-state index in [9.17, 15) is 4.39 Å². The van der Waals surface area contributed by atoms with Crippen LogP contribution in [0.25, 0.3) is 0 Å². The molecule has 1 rings (SSSR count). The molecule has 0 bridgehead atoms. The van der Waals surface area contributed by atoms with E-state index in [-0.39, 0.29) is 5.69 Å². The molecule has 0 fully saturated rings. The number of hydrogen-bond donors (Lipinski definition) is 1. The van der Waals surface area contributed by atoms with Crippen LogP contribution in [0.5, 0.6) is 0 Å². The maximum atomic E-state index is 13.0. The first-order valence-electron chi connectivity index (χ1n) is 3.52. The number of halogens is 1. The molecule has 0 spiro atoms. The van der Waals surface area contributed by atoms with E-state index in [0.29, 0.717) is 5.56 Å². The monoisotopic (exact) mass is 164 g/mol. The van der Waals surface area contributed by atoms with Crippen LogP contribution in [0.2, 0.25) is 0 Å². The van der Waals surface area contributed by atoms with Gasteiger partial charge in [0, 0.05) is 17.8 Å². The minimum Gasteiger partial charge on any atom is -0.323 e. The van der Waals surface area contributed by atoms with E-state index in [4.69, 9.17) is 12.2 Å². The molecular formula is C9H9FN2. The van der Waals surface area contributed by atoms with Crippen molar-refractivity contribution in [2.24, 2.45) is 5.73 Å². The molecule has 0 aliphatic rings. The summed E-state index contributed by atoms with van der Waals surface area (Å²) in [7, 11) is 0. The van der Waals surface area contributed by atoms with E-state index in [0.717, 1.165) is 0 Å². The highest BCUT2D eigenvalue weighted by atomic mass is 19.1. The normalized spacial score (nSPS) is 12.2. The maximum Gasteiger partial charge on any atom is 0.147 e. The molecule has 2 N–H and O–H groups in total. The highest BCUT2D eigenvalue weighted by molar-refractivity contribution is 5.31. The van der Waals surface area contributed by atoms with E-state index < -0.39 is 11.9 Å². The minimum absolute atomic E-state index is 0.244. The summed E-state index contributed by atoms with van der Waals surface area (Å²) in [4.78, 5) is 3.81. The molecule has 0 saturated carbocycles. The molecule has 1 aromatic heterocycles. The van der Waals surface area contributed by atoms with Crippen LogP contribution >= 0.6 is 0 Å². The smallest absolute Gasteiger partial charge is 0.147 e. The largest absolute Gasteiger partial charge is 0.323 e. The van der Waals surface area contributed by atoms with Crippen LogP contribution in [0.1, 0.15) is 24.2 Å². The van der Waals surface area contributed by atoms with Crippen molar-refractivity contribution in [2.75, 3.05) is 0 Å². The Hall–Kier alpha value is -1.40. The van der Waals surface area contributed by atoms with Crippen molar-refractivity contribution in [3.63, 3.8) is 0 Å². The summed E-state index contributed by atoms with van der Waals surface area (Å²) in [5.74, 6) is 1.85. The molecule has 1 heterocycles. The third-order valence-electron chi connectivity index (χ3n) is 1.47. The lowest BCUT2D eigenvalue weighted by atomic mass is 10.2. The van der Waals surface area contributed by atoms with Crippen LogP contribution < -0.4 is 5.73 Å². The van der Waals surface area contributed by atoms with Crippen LogP contribution in [0.3, 0.4) is 0 Å². The summed E-state index contributed by atoms with van der Waals surface area (Å²) in [5, 5.41) is 0. The van der Waals surface area contributed by atoms with Gasteiger partial charge in [0.15, 0.2) is 0 Å². The number of nitrogens with zero attached hydrogens (tertiary/aromatic N) is 1. The lowest BCUT2D eigenvalue weighted by Gasteiger charge is -2.04. The quantitative estimate of drug-likeness (QED) is 0.634. The summed E-state index contributed by atoms with van der Waals surface area (Å²) in [6.07, 6.45) is 6.49. The van der Waals surface area contributed by atoms with Gasteiger partial charge in [-0.15, -0.1) is 6.42 Å². The van der Waals surface area contributed by atoms with Gasteiger partial charge in [0.2, 0.25) is 0 Å². The van der Waals surface area contributed by atoms with Crippen LogP contribution in [-0.2, 0) is 0 Å². The van der Waals surface area contributed by atoms with Gasteiger partial charge < -0.3 is 5.73 Å². The first-order valence-corrected chi connectivity index (χ1v) is 3.52. The van der Waals surface area contributed by atoms with Crippen LogP contribution in [0, 0.1) is 18.2 Å². The zero-order valence-electron chi connectivity index (χ0n) is 6.71. The van der Waals surface area contributed by atoms with Crippen molar-refractivity contribution in [1.82, 2.24) is 4.98 Å². The predicted molar refractivity (Wildman–Crippen MR) is 44.7 cm³/mol. The Morgan fingerprint density at radius 2 is 2.42 bits per heavy atom. The average Bonchev–Trinajstić information content (AvgIpc) is 2.03. The van der Waals surface area contributed by atoms with E-state index in [2.05, 4.69) is 10.9 Å². The molecule has 1 atom stereocenters. The molecule has 0 amide bonds. The molecule has 0 aliphatic heterocycles. The van der Waals surface area contributed by atoms with Crippen LogP contribution in [-0.4, -0.2) is 4.98 Å². The molecule has 0 saturated heterocycles. The van der Waals surface area contributed by atoms with Gasteiger partial charge in [-0.3, -0.25) is 4.98 Å². The van der Waals surface area contributed by atoms with Gasteiger partial charge in [-0.25, -0.2) is 4.39 Å². The van der Waals surface area contributed by atoms with Gasteiger partial charge in [-0.1, -0.05) is 5.92 Å². The van der Waals surface area contributed by atoms with Crippen LogP contribution in [0.15, 0.2) is 12.3 Å². The van der Waals surface area contributed by atoms with Crippen molar-refractivity contribution in [3.8, 4) is 12.3 Å². The number of hydrogen-bond acceptors (Lipinski definition) is 2. The lowest BCUT2D eigenvalue weighted by molar-refractivity contribution is 0.578. The SMILES string of the molecule is C#Cc1cnc([C@@H](C)N)c(F)c1. The molecule has 2 nitrogen and oxygen atoms in total. The molecular weight excluding hydrogens is 155 g/mol. The topological polar surface area (TPSA) is 38.9 Å². The molecule has 0 aliphatic carbocycles. The Balaban J connectivity index is 3.14. The first-order chi connectivity index (χ1) is 5.65. The number of aromatic nitrogens is 1. The molecule has 0 unspecified atom stereocenters. The zero-order valence-corrected chi connectivity index (χ0v) is 6.71. The van der Waals surface area contributed by atoms with Crippen molar-refractivity contribution < 1.29 is 4.39 Å². The summed E-state index contributed by atoms with van der Waals surface area (Å²) in [6.45, 7) is 1.67. The Labute approximate surface area is 70.6 Å². The fraction of sp³-hybridized carbons (Fsp3) is 0.222. The summed E-state index contributed by atoms with van der Waals surface area (Å²) in [5.41, 5.74) is 6.12. The van der Waals surface area contributed by atoms with E-state index in [1.54, 1.807) is 6.92 Å². The van der Waals surface area contributed by atoms with Crippen LogP contribution in [0.4, 0.5) is 4.39 Å². The van der Waals surface area contributed by atoms with E-state index >= 15 is 0 Å². The highest BCUT2D eigenvalue weighted by Gasteiger charge is 2.07. The number of terminal acetylenes is 1. The third kappa shape index (κ3) is 1.60. The Morgan fingerprint density at radius 1 is 1.75 bits per heavy atom. The Bertz CT molecular complexity index is 326. The van der Waals surface area contributed by atoms with Gasteiger partial charge in [-0.05, 0) is 13.0 Å². The summed E-state index contributed by atoms with van der Waals surface area (Å²) >= 11 is 0. The molecule has 3 heteroatoms. The van der Waals surface area contributed by atoms with Gasteiger partial charge in [-0.2, -0.15) is 0 Å². The average molecular weight is 164 g/mol. The van der Waals surface area contributed by atoms with Crippen molar-refractivity contribution in [1.29, 1.82) is 0 Å². The zero-order chi connectivity index (χ0) is 9.14. The second-order valence-corrected chi connectivity index (χ2v) is 2.52. The van der Waals surface area contributed by atoms with Gasteiger partial charge in [0.05, 0.1) is 5.69 Å². The molecule has 1 aromatic rings. The van der Waals surface area contributed by atoms with Gasteiger partial charge in [0.1, 0.15) is 5.82 Å². The lowest BCUT2D eigenvalue weighted by Crippen LogP contribution is -2.09. The predicted octanol–water partition coefficient (Wildman–Crippen LogP) is 1.22. The van der Waals surface area contributed by atoms with E-state index in [1.807, 2.05) is 0 Å². The fourth-order valence-corrected chi connectivity index (χ4v) is 0.862. The number of pyridine rings is 1. The molecule has 0 aromatic carbocycles. The molecule has 12 heavy (non-hydrogen) atoms. The van der Waals surface area contributed by atoms with E-state index in [1.165, 1.54) is 12.3 Å².